The van der Waals surface area contributed by atoms with E-state index in [0.717, 1.165) is 18.1 Å². The van der Waals surface area contributed by atoms with Crippen LogP contribution in [0.3, 0.4) is 0 Å². The molecule has 1 aromatic heterocycles. The van der Waals surface area contributed by atoms with Gasteiger partial charge >= 0.3 is 0 Å². The van der Waals surface area contributed by atoms with Crippen LogP contribution < -0.4 is 15.4 Å². The molecule has 0 atom stereocenters. The summed E-state index contributed by atoms with van der Waals surface area (Å²) >= 11 is 0. The molecule has 0 aliphatic heterocycles. The number of rotatable bonds is 5. The maximum Gasteiger partial charge on any atom is 0.213 e. The van der Waals surface area contributed by atoms with E-state index < -0.39 is 0 Å². The van der Waals surface area contributed by atoms with Crippen LogP contribution in [-0.4, -0.2) is 25.1 Å². The standard InChI is InChI=1S/C17H22N4O/c1-13-5-4-6-14(9-13)11-20-17(18-2)21-12-15-7-8-19-16(10-15)22-3/h4-10H,11-12H2,1-3H3,(H2,18,20,21). The van der Waals surface area contributed by atoms with E-state index in [2.05, 4.69) is 51.8 Å². The fourth-order valence-corrected chi connectivity index (χ4v) is 2.09. The molecule has 0 bridgehead atoms. The maximum atomic E-state index is 5.12. The molecule has 0 spiro atoms. The molecular weight excluding hydrogens is 276 g/mol. The second kappa shape index (κ2) is 8.02. The van der Waals surface area contributed by atoms with Gasteiger partial charge in [0.1, 0.15) is 0 Å². The first-order valence-corrected chi connectivity index (χ1v) is 7.20. The van der Waals surface area contributed by atoms with Crippen molar-refractivity contribution in [1.29, 1.82) is 0 Å². The molecule has 22 heavy (non-hydrogen) atoms. The quantitative estimate of drug-likeness (QED) is 0.657. The van der Waals surface area contributed by atoms with Crippen LogP contribution in [-0.2, 0) is 13.1 Å². The average Bonchev–Trinajstić information content (AvgIpc) is 2.55. The molecule has 0 saturated heterocycles. The van der Waals surface area contributed by atoms with Crippen molar-refractivity contribution in [3.05, 3.63) is 59.3 Å². The highest BCUT2D eigenvalue weighted by Crippen LogP contribution is 2.08. The van der Waals surface area contributed by atoms with Crippen molar-refractivity contribution in [2.45, 2.75) is 20.0 Å². The van der Waals surface area contributed by atoms with Gasteiger partial charge in [0, 0.05) is 32.4 Å². The summed E-state index contributed by atoms with van der Waals surface area (Å²) in [7, 11) is 3.38. The number of aryl methyl sites for hydroxylation is 1. The number of aliphatic imine (C=N–C) groups is 1. The first-order valence-electron chi connectivity index (χ1n) is 7.20. The van der Waals surface area contributed by atoms with Crippen LogP contribution in [0.5, 0.6) is 5.88 Å². The van der Waals surface area contributed by atoms with Crippen LogP contribution in [0.25, 0.3) is 0 Å². The van der Waals surface area contributed by atoms with Crippen molar-refractivity contribution in [3.8, 4) is 5.88 Å². The lowest BCUT2D eigenvalue weighted by atomic mass is 10.1. The molecule has 0 aliphatic carbocycles. The number of pyridine rings is 1. The molecule has 0 radical (unpaired) electrons. The molecule has 0 aliphatic rings. The Balaban J connectivity index is 1.87. The maximum absolute atomic E-state index is 5.12. The predicted octanol–water partition coefficient (Wildman–Crippen LogP) is 2.26. The van der Waals surface area contributed by atoms with Crippen molar-refractivity contribution < 1.29 is 4.74 Å². The minimum absolute atomic E-state index is 0.613. The molecule has 0 fully saturated rings. The lowest BCUT2D eigenvalue weighted by Crippen LogP contribution is -2.36. The minimum atomic E-state index is 0.613. The van der Waals surface area contributed by atoms with Gasteiger partial charge in [0.05, 0.1) is 7.11 Å². The van der Waals surface area contributed by atoms with E-state index in [0.29, 0.717) is 12.4 Å². The van der Waals surface area contributed by atoms with Gasteiger partial charge in [-0.25, -0.2) is 4.98 Å². The smallest absolute Gasteiger partial charge is 0.213 e. The Morgan fingerprint density at radius 2 is 1.86 bits per heavy atom. The molecular formula is C17H22N4O. The Hall–Kier alpha value is -2.56. The zero-order valence-corrected chi connectivity index (χ0v) is 13.3. The van der Waals surface area contributed by atoms with Gasteiger partial charge in [-0.15, -0.1) is 0 Å². The van der Waals surface area contributed by atoms with E-state index in [-0.39, 0.29) is 0 Å². The fraction of sp³-hybridized carbons (Fsp3) is 0.294. The van der Waals surface area contributed by atoms with Gasteiger partial charge in [-0.1, -0.05) is 29.8 Å². The summed E-state index contributed by atoms with van der Waals surface area (Å²) in [5.74, 6) is 1.37. The normalized spacial score (nSPS) is 11.1. The number of guanidine groups is 1. The van der Waals surface area contributed by atoms with Gasteiger partial charge in [-0.3, -0.25) is 4.99 Å². The third-order valence-corrected chi connectivity index (χ3v) is 3.23. The van der Waals surface area contributed by atoms with Gasteiger partial charge < -0.3 is 15.4 Å². The summed E-state index contributed by atoms with van der Waals surface area (Å²) in [5.41, 5.74) is 3.57. The van der Waals surface area contributed by atoms with E-state index in [4.69, 9.17) is 4.74 Å². The number of methoxy groups -OCH3 is 1. The molecule has 116 valence electrons. The van der Waals surface area contributed by atoms with E-state index in [1.54, 1.807) is 20.4 Å². The van der Waals surface area contributed by atoms with E-state index >= 15 is 0 Å². The molecule has 2 N–H and O–H groups in total. The topological polar surface area (TPSA) is 58.5 Å². The Bertz CT molecular complexity index is 640. The molecule has 2 aromatic rings. The van der Waals surface area contributed by atoms with E-state index in [9.17, 15) is 0 Å². The van der Waals surface area contributed by atoms with Crippen LogP contribution in [0.2, 0.25) is 0 Å². The lowest BCUT2D eigenvalue weighted by molar-refractivity contribution is 0.397. The first kappa shape index (κ1) is 15.8. The van der Waals surface area contributed by atoms with Gasteiger partial charge in [-0.05, 0) is 24.1 Å². The summed E-state index contributed by atoms with van der Waals surface area (Å²) in [6, 6.07) is 12.3. The second-order valence-corrected chi connectivity index (χ2v) is 4.97. The number of benzene rings is 1. The van der Waals surface area contributed by atoms with Crippen LogP contribution in [0.1, 0.15) is 16.7 Å². The van der Waals surface area contributed by atoms with Crippen molar-refractivity contribution in [2.24, 2.45) is 4.99 Å². The van der Waals surface area contributed by atoms with Crippen molar-refractivity contribution in [3.63, 3.8) is 0 Å². The molecule has 5 nitrogen and oxygen atoms in total. The monoisotopic (exact) mass is 298 g/mol. The number of hydrogen-bond acceptors (Lipinski definition) is 3. The largest absolute Gasteiger partial charge is 0.481 e. The fourth-order valence-electron chi connectivity index (χ4n) is 2.09. The zero-order valence-electron chi connectivity index (χ0n) is 13.3. The second-order valence-electron chi connectivity index (χ2n) is 4.97. The molecule has 1 aromatic carbocycles. The molecule has 2 rings (SSSR count). The van der Waals surface area contributed by atoms with Gasteiger partial charge in [-0.2, -0.15) is 0 Å². The molecule has 0 unspecified atom stereocenters. The van der Waals surface area contributed by atoms with Crippen LogP contribution in [0.4, 0.5) is 0 Å². The highest BCUT2D eigenvalue weighted by atomic mass is 16.5. The summed E-state index contributed by atoms with van der Waals surface area (Å²) < 4.78 is 5.12. The van der Waals surface area contributed by atoms with Crippen molar-refractivity contribution in [2.75, 3.05) is 14.2 Å². The average molecular weight is 298 g/mol. The highest BCUT2D eigenvalue weighted by molar-refractivity contribution is 5.79. The van der Waals surface area contributed by atoms with E-state index in [1.165, 1.54) is 11.1 Å². The Kier molecular flexibility index (Phi) is 5.77. The number of aromatic nitrogens is 1. The molecule has 1 heterocycles. The molecule has 5 heteroatoms. The Labute approximate surface area is 131 Å². The van der Waals surface area contributed by atoms with Gasteiger partial charge in [0.2, 0.25) is 5.88 Å². The molecule has 0 saturated carbocycles. The summed E-state index contributed by atoms with van der Waals surface area (Å²) in [4.78, 5) is 8.32. The van der Waals surface area contributed by atoms with Crippen LogP contribution in [0, 0.1) is 6.92 Å². The number of nitrogens with zero attached hydrogens (tertiary/aromatic N) is 2. The third-order valence-electron chi connectivity index (χ3n) is 3.23. The predicted molar refractivity (Wildman–Crippen MR) is 89.0 cm³/mol. The Morgan fingerprint density at radius 3 is 2.50 bits per heavy atom. The van der Waals surface area contributed by atoms with Gasteiger partial charge in [0.15, 0.2) is 5.96 Å². The Morgan fingerprint density at radius 1 is 1.14 bits per heavy atom. The summed E-state index contributed by atoms with van der Waals surface area (Å²) in [6.45, 7) is 3.49. The van der Waals surface area contributed by atoms with Crippen molar-refractivity contribution >= 4 is 5.96 Å². The van der Waals surface area contributed by atoms with Crippen LogP contribution in [0.15, 0.2) is 47.6 Å². The van der Waals surface area contributed by atoms with E-state index in [1.807, 2.05) is 12.1 Å². The first-order chi connectivity index (χ1) is 10.7. The lowest BCUT2D eigenvalue weighted by Gasteiger charge is -2.12. The SMILES string of the molecule is CN=C(NCc1cccc(C)c1)NCc1ccnc(OC)c1. The zero-order chi connectivity index (χ0) is 15.8. The highest BCUT2D eigenvalue weighted by Gasteiger charge is 2.01. The summed E-state index contributed by atoms with van der Waals surface area (Å²) in [5, 5.41) is 6.58. The number of nitrogens with one attached hydrogen (secondary N) is 2. The van der Waals surface area contributed by atoms with Crippen molar-refractivity contribution in [1.82, 2.24) is 15.6 Å². The third kappa shape index (κ3) is 4.77. The van der Waals surface area contributed by atoms with Crippen LogP contribution >= 0.6 is 0 Å². The molecule has 0 amide bonds. The number of ether oxygens (including phenoxy) is 1. The minimum Gasteiger partial charge on any atom is -0.481 e. The van der Waals surface area contributed by atoms with Gasteiger partial charge in [0.25, 0.3) is 0 Å². The summed E-state index contributed by atoms with van der Waals surface area (Å²) in [6.07, 6.45) is 1.73. The number of hydrogen-bond donors (Lipinski definition) is 2.